The van der Waals surface area contributed by atoms with Gasteiger partial charge in [0.15, 0.2) is 12.4 Å². The van der Waals surface area contributed by atoms with E-state index in [9.17, 15) is 39.2 Å². The van der Waals surface area contributed by atoms with Crippen molar-refractivity contribution >= 4 is 25.7 Å². The number of phosphoric ester groups is 1. The average Bonchev–Trinajstić information content (AvgIpc) is 3.17. The van der Waals surface area contributed by atoms with Gasteiger partial charge in [-0.3, -0.25) is 23.4 Å². The molecule has 0 spiro atoms. The molecule has 0 aliphatic carbocycles. The van der Waals surface area contributed by atoms with Crippen LogP contribution in [0.3, 0.4) is 0 Å². The second kappa shape index (κ2) is 33.5. The molecule has 7 N–H and O–H groups in total. The molecule has 0 saturated carbocycles. The summed E-state index contributed by atoms with van der Waals surface area (Å²) >= 11 is 0. The van der Waals surface area contributed by atoms with Crippen molar-refractivity contribution < 1.29 is 67.5 Å². The molecule has 1 aliphatic rings. The van der Waals surface area contributed by atoms with Crippen LogP contribution in [0.4, 0.5) is 0 Å². The van der Waals surface area contributed by atoms with Gasteiger partial charge in [0.25, 0.3) is 0 Å². The van der Waals surface area contributed by atoms with Gasteiger partial charge in [-0.1, -0.05) is 134 Å². The number of ether oxygens (including phenoxy) is 3. The quantitative estimate of drug-likeness (QED) is 0.0159. The zero-order chi connectivity index (χ0) is 43.0. The molecule has 2 unspecified atom stereocenters. The lowest BCUT2D eigenvalue weighted by Crippen LogP contribution is -2.43. The first-order chi connectivity index (χ1) is 27.8. The number of carboxylic acids is 1. The third-order valence-electron chi connectivity index (χ3n) is 10.00. The third kappa shape index (κ3) is 28.3. The highest BCUT2D eigenvalue weighted by Crippen LogP contribution is 2.43. The smallest absolute Gasteiger partial charge is 0.472 e. The highest BCUT2D eigenvalue weighted by molar-refractivity contribution is 7.47. The zero-order valence-corrected chi connectivity index (χ0v) is 36.1. The number of nitrogens with two attached hydrogens (primary N) is 1. The Balaban J connectivity index is 2.54. The molecule has 58 heavy (non-hydrogen) atoms. The van der Waals surface area contributed by atoms with E-state index in [1.807, 2.05) is 12.2 Å². The van der Waals surface area contributed by atoms with Crippen molar-refractivity contribution in [3.05, 3.63) is 24.3 Å². The maximum atomic E-state index is 12.7. The topological polar surface area (TPSA) is 242 Å². The predicted octanol–water partition coefficient (Wildman–Crippen LogP) is 7.17. The van der Waals surface area contributed by atoms with Crippen LogP contribution in [0.25, 0.3) is 0 Å². The molecule has 0 bridgehead atoms. The van der Waals surface area contributed by atoms with E-state index < -0.39 is 82.3 Å². The van der Waals surface area contributed by atoms with Crippen molar-refractivity contribution in [2.75, 3.05) is 19.8 Å². The molecular weight excluding hydrogens is 773 g/mol. The number of hydrogen-bond acceptors (Lipinski definition) is 13. The fourth-order valence-electron chi connectivity index (χ4n) is 6.46. The van der Waals surface area contributed by atoms with E-state index in [1.165, 1.54) is 51.4 Å². The Morgan fingerprint density at radius 1 is 0.793 bits per heavy atom. The summed E-state index contributed by atoms with van der Waals surface area (Å²) in [5.41, 5.74) is 5.32. The Morgan fingerprint density at radius 2 is 1.36 bits per heavy atom. The van der Waals surface area contributed by atoms with Crippen molar-refractivity contribution in [2.45, 2.75) is 198 Å². The number of carbonyl (C=O) groups excluding carboxylic acids is 2. The molecule has 0 aromatic heterocycles. The second-order valence-electron chi connectivity index (χ2n) is 15.4. The normalized spacial score (nSPS) is 21.2. The Bertz CT molecular complexity index is 1200. The first kappa shape index (κ1) is 53.8. The van der Waals surface area contributed by atoms with Gasteiger partial charge in [-0.15, -0.1) is 0 Å². The van der Waals surface area contributed by atoms with E-state index in [2.05, 4.69) is 18.4 Å². The summed E-state index contributed by atoms with van der Waals surface area (Å²) in [5, 5.41) is 39.8. The monoisotopic (exact) mass is 850 g/mol. The van der Waals surface area contributed by atoms with Gasteiger partial charge in [0, 0.05) is 25.2 Å². The standard InChI is InChI=1S/C42H76NO14P/c1-3-5-7-8-9-10-11-12-13-14-15-16-22-26-40(47)56-34(31-54-58(51,52)55-32-36(43)42(49)50)30-53-39(46)25-21-18-17-20-24-35-37(45)29-41(48)57-38(35)28-27-33(44)23-19-6-4-2/h17,20,27-28,33-38,41,44-45,48H,3-16,18-19,21-26,29-32,43H2,1-2H3,(H,49,50)(H,51,52)/b20-17-,28-27+/t33-,34+,35-,36-,37-,38+,41?/m0/s1. The molecule has 15 nitrogen and oxygen atoms in total. The Kier molecular flexibility index (Phi) is 31.1. The van der Waals surface area contributed by atoms with Crippen molar-refractivity contribution in [1.82, 2.24) is 0 Å². The second-order valence-corrected chi connectivity index (χ2v) is 16.8. The minimum absolute atomic E-state index is 0.0299. The van der Waals surface area contributed by atoms with Crippen LogP contribution >= 0.6 is 7.82 Å². The van der Waals surface area contributed by atoms with Crippen molar-refractivity contribution in [1.29, 1.82) is 0 Å². The number of aliphatic hydroxyl groups excluding tert-OH is 3. The summed E-state index contributed by atoms with van der Waals surface area (Å²) in [4.78, 5) is 46.1. The van der Waals surface area contributed by atoms with E-state index in [0.29, 0.717) is 32.1 Å². The Hall–Kier alpha value is -2.20. The molecule has 0 aromatic rings. The van der Waals surface area contributed by atoms with E-state index in [4.69, 9.17) is 29.6 Å². The number of carboxylic acid groups (broad SMARTS) is 1. The summed E-state index contributed by atoms with van der Waals surface area (Å²) in [6.45, 7) is 2.41. The highest BCUT2D eigenvalue weighted by Gasteiger charge is 2.35. The largest absolute Gasteiger partial charge is 0.480 e. The summed E-state index contributed by atoms with van der Waals surface area (Å²) in [6, 6.07) is -1.56. The van der Waals surface area contributed by atoms with Gasteiger partial charge in [-0.2, -0.15) is 0 Å². The summed E-state index contributed by atoms with van der Waals surface area (Å²) in [6.07, 6.45) is 22.9. The number of unbranched alkanes of at least 4 members (excludes halogenated alkanes) is 15. The number of rotatable bonds is 36. The molecule has 1 fully saturated rings. The van der Waals surface area contributed by atoms with E-state index in [0.717, 1.165) is 44.9 Å². The van der Waals surface area contributed by atoms with Gasteiger partial charge in [0.1, 0.15) is 12.6 Å². The Morgan fingerprint density at radius 3 is 1.98 bits per heavy atom. The van der Waals surface area contributed by atoms with Crippen LogP contribution in [0, 0.1) is 5.92 Å². The fourth-order valence-corrected chi connectivity index (χ4v) is 7.24. The van der Waals surface area contributed by atoms with E-state index in [1.54, 1.807) is 12.2 Å². The van der Waals surface area contributed by atoms with Gasteiger partial charge >= 0.3 is 25.7 Å². The first-order valence-electron chi connectivity index (χ1n) is 21.8. The number of carbonyl (C=O) groups is 3. The van der Waals surface area contributed by atoms with Gasteiger partial charge in [-0.05, 0) is 32.1 Å². The van der Waals surface area contributed by atoms with Crippen LogP contribution in [-0.2, 0) is 42.2 Å². The number of allylic oxidation sites excluding steroid dienone is 2. The van der Waals surface area contributed by atoms with Crippen molar-refractivity contribution in [3.63, 3.8) is 0 Å². The number of aliphatic carboxylic acids is 1. The summed E-state index contributed by atoms with van der Waals surface area (Å²) in [7, 11) is -4.78. The molecular formula is C42H76NO14P. The minimum Gasteiger partial charge on any atom is -0.480 e. The van der Waals surface area contributed by atoms with Crippen LogP contribution < -0.4 is 5.73 Å². The molecule has 1 saturated heterocycles. The van der Waals surface area contributed by atoms with Crippen LogP contribution in [-0.4, -0.2) is 99.8 Å². The zero-order valence-electron chi connectivity index (χ0n) is 35.2. The van der Waals surface area contributed by atoms with Gasteiger partial charge < -0.3 is 45.3 Å². The van der Waals surface area contributed by atoms with Crippen LogP contribution in [0.15, 0.2) is 24.3 Å². The third-order valence-corrected chi connectivity index (χ3v) is 10.9. The first-order valence-corrected chi connectivity index (χ1v) is 23.3. The average molecular weight is 850 g/mol. The Labute approximate surface area is 346 Å². The van der Waals surface area contributed by atoms with Gasteiger partial charge in [0.2, 0.25) is 0 Å². The lowest BCUT2D eigenvalue weighted by molar-refractivity contribution is -0.199. The number of aliphatic hydroxyl groups is 3. The van der Waals surface area contributed by atoms with E-state index >= 15 is 0 Å². The highest BCUT2D eigenvalue weighted by atomic mass is 31.2. The molecule has 1 heterocycles. The number of phosphoric acid groups is 1. The molecule has 16 heteroatoms. The maximum absolute atomic E-state index is 12.7. The lowest BCUT2D eigenvalue weighted by Gasteiger charge is -2.36. The van der Waals surface area contributed by atoms with Gasteiger partial charge in [-0.25, -0.2) is 4.57 Å². The van der Waals surface area contributed by atoms with Gasteiger partial charge in [0.05, 0.1) is 31.5 Å². The van der Waals surface area contributed by atoms with Crippen LogP contribution in [0.2, 0.25) is 0 Å². The number of esters is 2. The predicted molar refractivity (Wildman–Crippen MR) is 220 cm³/mol. The molecule has 1 rings (SSSR count). The molecule has 0 amide bonds. The minimum atomic E-state index is -4.78. The fraction of sp³-hybridized carbons (Fsp3) is 0.833. The summed E-state index contributed by atoms with van der Waals surface area (Å²) in [5.74, 6) is -2.94. The molecule has 338 valence electrons. The molecule has 1 aliphatic heterocycles. The molecule has 0 radical (unpaired) electrons. The maximum Gasteiger partial charge on any atom is 0.472 e. The lowest BCUT2D eigenvalue weighted by atomic mass is 9.87. The summed E-state index contributed by atoms with van der Waals surface area (Å²) < 4.78 is 38.3. The molecule has 0 aromatic carbocycles. The van der Waals surface area contributed by atoms with Crippen molar-refractivity contribution in [3.8, 4) is 0 Å². The number of hydrogen-bond donors (Lipinski definition) is 6. The van der Waals surface area contributed by atoms with Crippen LogP contribution in [0.1, 0.15) is 162 Å². The van der Waals surface area contributed by atoms with Crippen LogP contribution in [0.5, 0.6) is 0 Å². The molecule has 8 atom stereocenters. The van der Waals surface area contributed by atoms with E-state index in [-0.39, 0.29) is 25.2 Å². The SMILES string of the molecule is CCCCCCCCCCCCCCCC(=O)O[C@H](COC(=O)CCC/C=C\C[C@H]1[C@@H](O)CC(O)O[C@@H]1/C=C/[C@@H](O)CCCCC)COP(=O)(O)OC[C@H](N)C(=O)O. The van der Waals surface area contributed by atoms with Crippen molar-refractivity contribution in [2.24, 2.45) is 11.7 Å².